The molecule has 2 saturated heterocycles. The molecule has 0 atom stereocenters. The number of nitrogens with zero attached hydrogens (tertiary/aromatic N) is 4. The number of halogens is 1. The van der Waals surface area contributed by atoms with Gasteiger partial charge in [-0.25, -0.2) is 22.5 Å². The van der Waals surface area contributed by atoms with Gasteiger partial charge in [-0.1, -0.05) is 12.1 Å². The highest BCUT2D eigenvalue weighted by atomic mass is 32.2. The van der Waals surface area contributed by atoms with E-state index in [-0.39, 0.29) is 44.3 Å². The van der Waals surface area contributed by atoms with E-state index < -0.39 is 33.7 Å². The Morgan fingerprint density at radius 1 is 0.938 bits per heavy atom. The van der Waals surface area contributed by atoms with Crippen LogP contribution < -0.4 is 0 Å². The van der Waals surface area contributed by atoms with E-state index in [2.05, 4.69) is 0 Å². The molecule has 2 aromatic rings. The van der Waals surface area contributed by atoms with Gasteiger partial charge in [0.2, 0.25) is 10.0 Å². The molecule has 2 aliphatic rings. The minimum Gasteiger partial charge on any atom is -0.283 e. The molecule has 2 fully saturated rings. The van der Waals surface area contributed by atoms with Gasteiger partial charge in [-0.2, -0.15) is 4.31 Å². The van der Waals surface area contributed by atoms with Gasteiger partial charge in [0, 0.05) is 44.0 Å². The van der Waals surface area contributed by atoms with Crippen molar-refractivity contribution in [2.45, 2.75) is 11.3 Å². The highest BCUT2D eigenvalue weighted by Gasteiger charge is 2.45. The maximum absolute atomic E-state index is 13.4. The second-order valence-corrected chi connectivity index (χ2v) is 10.4. The number of carbonyl (C=O) groups excluding carboxylic acids is 3. The Hall–Kier alpha value is -2.67. The van der Waals surface area contributed by atoms with E-state index in [1.807, 2.05) is 17.5 Å². The molecule has 0 radical (unpaired) electrons. The molecule has 0 saturated carbocycles. The lowest BCUT2D eigenvalue weighted by molar-refractivity contribution is -0.144. The molecule has 4 rings (SSSR count). The van der Waals surface area contributed by atoms with Gasteiger partial charge in [0.1, 0.15) is 5.82 Å². The van der Waals surface area contributed by atoms with E-state index in [0.29, 0.717) is 6.42 Å². The molecule has 0 bridgehead atoms. The van der Waals surface area contributed by atoms with Crippen LogP contribution in [0.1, 0.15) is 4.88 Å². The molecule has 32 heavy (non-hydrogen) atoms. The summed E-state index contributed by atoms with van der Waals surface area (Å²) >= 11 is 1.51. The number of urea groups is 1. The maximum atomic E-state index is 13.4. The molecule has 0 unspecified atom stereocenters. The number of imide groups is 2. The predicted molar refractivity (Wildman–Crippen MR) is 114 cm³/mol. The van der Waals surface area contributed by atoms with Crippen LogP contribution in [-0.4, -0.2) is 84.7 Å². The fourth-order valence-corrected chi connectivity index (χ4v) is 5.79. The van der Waals surface area contributed by atoms with Gasteiger partial charge >= 0.3 is 17.8 Å². The Morgan fingerprint density at radius 2 is 1.66 bits per heavy atom. The monoisotopic (exact) mass is 480 g/mol. The maximum Gasteiger partial charge on any atom is 0.335 e. The highest BCUT2D eigenvalue weighted by molar-refractivity contribution is 7.89. The number of hydrogen-bond acceptors (Lipinski definition) is 7. The molecule has 2 aliphatic heterocycles. The summed E-state index contributed by atoms with van der Waals surface area (Å²) in [6.45, 7) is 0.785. The van der Waals surface area contributed by atoms with Crippen LogP contribution in [0.5, 0.6) is 0 Å². The van der Waals surface area contributed by atoms with Crippen molar-refractivity contribution in [2.24, 2.45) is 0 Å². The van der Waals surface area contributed by atoms with Gasteiger partial charge < -0.3 is 0 Å². The van der Waals surface area contributed by atoms with E-state index in [1.165, 1.54) is 33.8 Å². The lowest BCUT2D eigenvalue weighted by Gasteiger charge is -2.35. The third kappa shape index (κ3) is 4.44. The predicted octanol–water partition coefficient (Wildman–Crippen LogP) is 1.18. The number of piperazine rings is 1. The first-order chi connectivity index (χ1) is 15.3. The molecule has 1 aromatic heterocycles. The van der Waals surface area contributed by atoms with Gasteiger partial charge in [0.15, 0.2) is 0 Å². The van der Waals surface area contributed by atoms with Crippen LogP contribution in [0.25, 0.3) is 0 Å². The molecule has 1 aromatic carbocycles. The van der Waals surface area contributed by atoms with E-state index >= 15 is 0 Å². The average molecular weight is 481 g/mol. The number of amides is 4. The first-order valence-electron chi connectivity index (χ1n) is 9.95. The molecule has 12 heteroatoms. The SMILES string of the molecule is O=C1C(=O)N(CN2CCN(S(=O)(=O)c3cccc(F)c3)CC2)C(=O)N1CCc1cccs1. The van der Waals surface area contributed by atoms with Crippen molar-refractivity contribution in [3.05, 3.63) is 52.5 Å². The number of carbonyl (C=O) groups is 3. The topological polar surface area (TPSA) is 98.3 Å². The largest absolute Gasteiger partial charge is 0.335 e. The Labute approximate surface area is 188 Å². The average Bonchev–Trinajstić information content (AvgIpc) is 3.36. The minimum atomic E-state index is -3.85. The van der Waals surface area contributed by atoms with Crippen LogP contribution in [-0.2, 0) is 26.0 Å². The van der Waals surface area contributed by atoms with Crippen LogP contribution >= 0.6 is 11.3 Å². The van der Waals surface area contributed by atoms with Crippen molar-refractivity contribution in [3.63, 3.8) is 0 Å². The molecule has 170 valence electrons. The second kappa shape index (κ2) is 9.06. The fourth-order valence-electron chi connectivity index (χ4n) is 3.64. The van der Waals surface area contributed by atoms with Gasteiger partial charge in [0.05, 0.1) is 11.6 Å². The Kier molecular flexibility index (Phi) is 6.38. The van der Waals surface area contributed by atoms with Crippen LogP contribution in [0, 0.1) is 5.82 Å². The second-order valence-electron chi connectivity index (χ2n) is 7.42. The fraction of sp³-hybridized carbons (Fsp3) is 0.350. The lowest BCUT2D eigenvalue weighted by atomic mass is 10.3. The highest BCUT2D eigenvalue weighted by Crippen LogP contribution is 2.20. The zero-order valence-electron chi connectivity index (χ0n) is 17.0. The Balaban J connectivity index is 1.35. The smallest absolute Gasteiger partial charge is 0.283 e. The molecular formula is C20H21FN4O5S2. The number of thiophene rings is 1. The van der Waals surface area contributed by atoms with Crippen molar-refractivity contribution >= 4 is 39.2 Å². The van der Waals surface area contributed by atoms with Gasteiger partial charge in [-0.05, 0) is 29.6 Å². The minimum absolute atomic E-state index is 0.0905. The van der Waals surface area contributed by atoms with Crippen LogP contribution in [0.3, 0.4) is 0 Å². The molecule has 0 spiro atoms. The van der Waals surface area contributed by atoms with Crippen molar-refractivity contribution in [1.29, 1.82) is 0 Å². The van der Waals surface area contributed by atoms with Crippen LogP contribution in [0.4, 0.5) is 9.18 Å². The normalized spacial score (nSPS) is 18.7. The number of hydrogen-bond donors (Lipinski definition) is 0. The quantitative estimate of drug-likeness (QED) is 0.436. The van der Waals surface area contributed by atoms with Gasteiger partial charge in [0.25, 0.3) is 0 Å². The summed E-state index contributed by atoms with van der Waals surface area (Å²) < 4.78 is 40.1. The van der Waals surface area contributed by atoms with E-state index in [1.54, 1.807) is 4.90 Å². The first-order valence-corrected chi connectivity index (χ1v) is 12.3. The van der Waals surface area contributed by atoms with E-state index in [9.17, 15) is 27.2 Å². The van der Waals surface area contributed by atoms with Gasteiger partial charge in [-0.15, -0.1) is 11.3 Å². The van der Waals surface area contributed by atoms with Crippen molar-refractivity contribution in [1.82, 2.24) is 19.0 Å². The first kappa shape index (κ1) is 22.5. The van der Waals surface area contributed by atoms with Crippen LogP contribution in [0.2, 0.25) is 0 Å². The zero-order valence-corrected chi connectivity index (χ0v) is 18.6. The van der Waals surface area contributed by atoms with Crippen molar-refractivity contribution < 1.29 is 27.2 Å². The summed E-state index contributed by atoms with van der Waals surface area (Å²) in [5, 5.41) is 1.90. The summed E-state index contributed by atoms with van der Waals surface area (Å²) in [6, 6.07) is 7.93. The summed E-state index contributed by atoms with van der Waals surface area (Å²) in [7, 11) is -3.85. The summed E-state index contributed by atoms with van der Waals surface area (Å²) in [6.07, 6.45) is 0.479. The summed E-state index contributed by atoms with van der Waals surface area (Å²) in [4.78, 5) is 41.7. The lowest BCUT2D eigenvalue weighted by Crippen LogP contribution is -2.52. The molecule has 0 aliphatic carbocycles. The standard InChI is InChI=1S/C20H21FN4O5S2/c21-15-3-1-5-17(13-15)32(29,30)23-10-8-22(9-11-23)14-25-19(27)18(26)24(20(25)28)7-6-16-4-2-12-31-16/h1-5,12-13H,6-11,14H2. The third-order valence-corrected chi connectivity index (χ3v) is 8.23. The number of sulfonamides is 1. The zero-order chi connectivity index (χ0) is 22.9. The third-order valence-electron chi connectivity index (χ3n) is 5.40. The van der Waals surface area contributed by atoms with E-state index in [0.717, 1.165) is 20.7 Å². The molecule has 0 N–H and O–H groups in total. The van der Waals surface area contributed by atoms with Crippen LogP contribution in [0.15, 0.2) is 46.7 Å². The number of rotatable bonds is 7. The van der Waals surface area contributed by atoms with Gasteiger partial charge in [-0.3, -0.25) is 19.4 Å². The molecule has 9 nitrogen and oxygen atoms in total. The summed E-state index contributed by atoms with van der Waals surface area (Å²) in [5.41, 5.74) is 0. The Bertz CT molecular complexity index is 1130. The molecule has 3 heterocycles. The van der Waals surface area contributed by atoms with Crippen molar-refractivity contribution in [2.75, 3.05) is 39.4 Å². The van der Waals surface area contributed by atoms with E-state index in [4.69, 9.17) is 0 Å². The Morgan fingerprint density at radius 3 is 2.31 bits per heavy atom. The van der Waals surface area contributed by atoms with Crippen molar-refractivity contribution in [3.8, 4) is 0 Å². The summed E-state index contributed by atoms with van der Waals surface area (Å²) in [5.74, 6) is -2.36. The number of benzene rings is 1. The molecular weight excluding hydrogens is 459 g/mol. The molecule has 4 amide bonds.